The van der Waals surface area contributed by atoms with Crippen LogP contribution in [-0.2, 0) is 4.79 Å². The fourth-order valence-corrected chi connectivity index (χ4v) is 4.90. The first-order valence-corrected chi connectivity index (χ1v) is 8.88. The second kappa shape index (κ2) is 6.34. The lowest BCUT2D eigenvalue weighted by Crippen LogP contribution is -2.55. The third-order valence-electron chi connectivity index (χ3n) is 5.71. The molecule has 1 aliphatic carbocycles. The fourth-order valence-electron chi connectivity index (χ4n) is 4.90. The third kappa shape index (κ3) is 3.47. The number of anilines is 1. The minimum absolute atomic E-state index is 0.174. The predicted molar refractivity (Wildman–Crippen MR) is 93.5 cm³/mol. The molecule has 1 saturated carbocycles. The molecule has 2 unspecified atom stereocenters. The van der Waals surface area contributed by atoms with Crippen molar-refractivity contribution < 1.29 is 22.7 Å². The average molecular weight is 364 g/mol. The van der Waals surface area contributed by atoms with Gasteiger partial charge in [0.05, 0.1) is 0 Å². The van der Waals surface area contributed by atoms with Gasteiger partial charge >= 0.3 is 6.36 Å². The second-order valence-corrected chi connectivity index (χ2v) is 7.56. The number of benzene rings is 1. The highest BCUT2D eigenvalue weighted by Crippen LogP contribution is 2.47. The lowest BCUT2D eigenvalue weighted by molar-refractivity contribution is -0.274. The van der Waals surface area contributed by atoms with Crippen molar-refractivity contribution in [2.75, 3.05) is 25.0 Å². The number of alkyl halides is 3. The Morgan fingerprint density at radius 2 is 1.73 bits per heavy atom. The largest absolute Gasteiger partial charge is 0.573 e. The van der Waals surface area contributed by atoms with E-state index in [1.807, 2.05) is 7.85 Å². The van der Waals surface area contributed by atoms with Crippen LogP contribution in [0.2, 0.25) is 0 Å². The van der Waals surface area contributed by atoms with Gasteiger partial charge < -0.3 is 15.0 Å². The summed E-state index contributed by atoms with van der Waals surface area (Å²) in [5.74, 6) is 1.21. The van der Waals surface area contributed by atoms with E-state index in [9.17, 15) is 18.0 Å². The summed E-state index contributed by atoms with van der Waals surface area (Å²) in [7, 11) is 1.86. The van der Waals surface area contributed by atoms with Crippen molar-refractivity contribution in [3.63, 3.8) is 0 Å². The zero-order valence-corrected chi connectivity index (χ0v) is 14.5. The van der Waals surface area contributed by atoms with Gasteiger partial charge in [-0.05, 0) is 60.3 Å². The number of carbonyl (C=O) groups is 1. The maximum Gasteiger partial charge on any atom is 0.573 e. The molecule has 3 saturated heterocycles. The van der Waals surface area contributed by atoms with Crippen LogP contribution in [-0.4, -0.2) is 44.6 Å². The molecule has 1 N–H and O–H groups in total. The highest BCUT2D eigenvalue weighted by Gasteiger charge is 2.45. The van der Waals surface area contributed by atoms with Crippen LogP contribution in [0, 0.1) is 17.8 Å². The number of hydrogen-bond acceptors (Lipinski definition) is 3. The topological polar surface area (TPSA) is 41.6 Å². The summed E-state index contributed by atoms with van der Waals surface area (Å²) in [5, 5.41) is 2.79. The molecule has 1 amide bonds. The number of carbonyl (C=O) groups excluding carboxylic acids is 1. The van der Waals surface area contributed by atoms with Crippen LogP contribution in [0.15, 0.2) is 35.3 Å². The highest BCUT2D eigenvalue weighted by molar-refractivity contribution is 6.39. The first-order chi connectivity index (χ1) is 12.3. The number of rotatable bonds is 3. The molecule has 1 aromatic carbocycles. The summed E-state index contributed by atoms with van der Waals surface area (Å²) in [4.78, 5) is 15.2. The van der Waals surface area contributed by atoms with Crippen molar-refractivity contribution in [3.8, 4) is 5.75 Å². The van der Waals surface area contributed by atoms with E-state index in [0.717, 1.165) is 37.3 Å². The molecule has 138 valence electrons. The van der Waals surface area contributed by atoms with Crippen LogP contribution >= 0.6 is 0 Å². The van der Waals surface area contributed by atoms with Gasteiger partial charge in [0.25, 0.3) is 0 Å². The smallest absolute Gasteiger partial charge is 0.406 e. The SMILES string of the molecule is BC(C(=O)Nc1ccc(OC(F)(F)F)cc1)=C1C2CC3CC1CN(C3)C2. The first-order valence-electron chi connectivity index (χ1n) is 8.88. The van der Waals surface area contributed by atoms with Gasteiger partial charge in [0.15, 0.2) is 0 Å². The van der Waals surface area contributed by atoms with Crippen LogP contribution in [0.5, 0.6) is 5.75 Å². The Morgan fingerprint density at radius 1 is 1.12 bits per heavy atom. The number of ether oxygens (including phenoxy) is 1. The molecule has 5 rings (SSSR count). The van der Waals surface area contributed by atoms with E-state index >= 15 is 0 Å². The van der Waals surface area contributed by atoms with Gasteiger partial charge in [0, 0.05) is 25.3 Å². The summed E-state index contributed by atoms with van der Waals surface area (Å²) in [5.41, 5.74) is 2.50. The maximum atomic E-state index is 12.7. The van der Waals surface area contributed by atoms with Gasteiger partial charge in [-0.3, -0.25) is 4.79 Å². The van der Waals surface area contributed by atoms with Gasteiger partial charge in [0.2, 0.25) is 5.91 Å². The fraction of sp³-hybridized carbons (Fsp3) is 0.500. The molecule has 2 atom stereocenters. The number of nitrogens with one attached hydrogen (secondary N) is 1. The minimum atomic E-state index is -4.72. The lowest BCUT2D eigenvalue weighted by Gasteiger charge is -2.53. The average Bonchev–Trinajstić information content (AvgIpc) is 2.54. The Labute approximate surface area is 150 Å². The van der Waals surface area contributed by atoms with Crippen LogP contribution in [0.3, 0.4) is 0 Å². The number of amides is 1. The first kappa shape index (κ1) is 17.5. The normalized spacial score (nSPS) is 29.6. The van der Waals surface area contributed by atoms with Crippen molar-refractivity contribution in [1.29, 1.82) is 0 Å². The van der Waals surface area contributed by atoms with E-state index in [0.29, 0.717) is 17.5 Å². The molecule has 4 bridgehead atoms. The van der Waals surface area contributed by atoms with Crippen molar-refractivity contribution >= 4 is 19.4 Å². The summed E-state index contributed by atoms with van der Waals surface area (Å²) in [6.45, 7) is 3.27. The number of halogens is 3. The summed E-state index contributed by atoms with van der Waals surface area (Å²) >= 11 is 0. The van der Waals surface area contributed by atoms with E-state index in [1.54, 1.807) is 0 Å². The van der Waals surface area contributed by atoms with Crippen molar-refractivity contribution in [1.82, 2.24) is 4.90 Å². The third-order valence-corrected chi connectivity index (χ3v) is 5.71. The Morgan fingerprint density at radius 3 is 2.27 bits per heavy atom. The van der Waals surface area contributed by atoms with Crippen molar-refractivity contribution in [2.24, 2.45) is 17.8 Å². The van der Waals surface area contributed by atoms with Crippen molar-refractivity contribution in [3.05, 3.63) is 35.3 Å². The van der Waals surface area contributed by atoms with E-state index in [4.69, 9.17) is 0 Å². The van der Waals surface area contributed by atoms with Gasteiger partial charge in [-0.15, -0.1) is 13.2 Å². The van der Waals surface area contributed by atoms with E-state index < -0.39 is 6.36 Å². The molecule has 0 aromatic heterocycles. The van der Waals surface area contributed by atoms with E-state index in [1.165, 1.54) is 36.4 Å². The Bertz CT molecular complexity index is 716. The molecular formula is C18H20BF3N2O2. The standard InChI is InChI=1S/C18H20BF3N2O2/c19-16(15-11-5-10-6-12(15)9-24(7-10)8-11)17(25)23-13-1-3-14(4-2-13)26-18(20,21)22/h1-4,10-12H,5-9,19H2,(H,23,25). The monoisotopic (exact) mass is 364 g/mol. The summed E-state index contributed by atoms with van der Waals surface area (Å²) in [6.07, 6.45) is -2.39. The van der Waals surface area contributed by atoms with Crippen LogP contribution in [0.4, 0.5) is 18.9 Å². The molecule has 26 heavy (non-hydrogen) atoms. The molecule has 4 aliphatic rings. The molecule has 0 radical (unpaired) electrons. The zero-order chi connectivity index (χ0) is 18.5. The lowest BCUT2D eigenvalue weighted by atomic mass is 9.62. The number of nitrogens with zero attached hydrogens (tertiary/aromatic N) is 1. The molecule has 1 aromatic rings. The number of piperidine rings is 3. The van der Waals surface area contributed by atoms with Crippen molar-refractivity contribution in [2.45, 2.75) is 19.2 Å². The zero-order valence-electron chi connectivity index (χ0n) is 14.5. The Hall–Kier alpha value is -1.96. The van der Waals surface area contributed by atoms with Crippen LogP contribution in [0.25, 0.3) is 0 Å². The maximum absolute atomic E-state index is 12.7. The molecule has 3 heterocycles. The Kier molecular flexibility index (Phi) is 4.25. The second-order valence-electron chi connectivity index (χ2n) is 7.56. The van der Waals surface area contributed by atoms with Crippen LogP contribution < -0.4 is 10.1 Å². The molecule has 4 fully saturated rings. The molecule has 4 nitrogen and oxygen atoms in total. The molecular weight excluding hydrogens is 344 g/mol. The quantitative estimate of drug-likeness (QED) is 0.662. The van der Waals surface area contributed by atoms with Gasteiger partial charge in [-0.1, -0.05) is 5.57 Å². The van der Waals surface area contributed by atoms with E-state index in [2.05, 4.69) is 15.0 Å². The van der Waals surface area contributed by atoms with E-state index in [-0.39, 0.29) is 11.7 Å². The molecule has 8 heteroatoms. The summed E-state index contributed by atoms with van der Waals surface area (Å²) in [6, 6.07) is 5.22. The van der Waals surface area contributed by atoms with Gasteiger partial charge in [-0.25, -0.2) is 0 Å². The predicted octanol–water partition coefficient (Wildman–Crippen LogP) is 2.38. The minimum Gasteiger partial charge on any atom is -0.406 e. The van der Waals surface area contributed by atoms with Crippen LogP contribution in [0.1, 0.15) is 12.8 Å². The summed E-state index contributed by atoms with van der Waals surface area (Å²) < 4.78 is 40.5. The van der Waals surface area contributed by atoms with Gasteiger partial charge in [-0.2, -0.15) is 0 Å². The molecule has 0 spiro atoms. The molecule has 3 aliphatic heterocycles. The van der Waals surface area contributed by atoms with Gasteiger partial charge in [0.1, 0.15) is 13.6 Å². The number of hydrogen-bond donors (Lipinski definition) is 1. The highest BCUT2D eigenvalue weighted by atomic mass is 19.4. The Balaban J connectivity index is 1.46.